The molecule has 0 saturated carbocycles. The van der Waals surface area contributed by atoms with Crippen LogP contribution in [0, 0.1) is 0 Å². The lowest BCUT2D eigenvalue weighted by Crippen LogP contribution is -2.40. The molecule has 2 aromatic rings. The maximum absolute atomic E-state index is 12.6. The van der Waals surface area contributed by atoms with Crippen LogP contribution in [0.15, 0.2) is 53.4 Å². The molecule has 2 N–H and O–H groups in total. The molecule has 0 aliphatic carbocycles. The normalized spacial score (nSPS) is 13.0. The molecule has 1 amide bonds. The van der Waals surface area contributed by atoms with Crippen LogP contribution >= 0.6 is 0 Å². The summed E-state index contributed by atoms with van der Waals surface area (Å²) in [6.07, 6.45) is 0.722. The molecule has 0 aromatic heterocycles. The van der Waals surface area contributed by atoms with Crippen molar-refractivity contribution in [2.24, 2.45) is 0 Å². The first-order valence-corrected chi connectivity index (χ1v) is 10.6. The van der Waals surface area contributed by atoms with E-state index < -0.39 is 15.6 Å². The number of nitrogens with one attached hydrogen (secondary N) is 2. The van der Waals surface area contributed by atoms with Crippen LogP contribution in [0.4, 0.5) is 0 Å². The summed E-state index contributed by atoms with van der Waals surface area (Å²) in [5.74, 6) is 0.501. The maximum atomic E-state index is 12.6. The van der Waals surface area contributed by atoms with Gasteiger partial charge in [-0.25, -0.2) is 13.1 Å². The molecule has 0 radical (unpaired) electrons. The number of amides is 1. The van der Waals surface area contributed by atoms with E-state index in [0.29, 0.717) is 5.56 Å². The minimum absolute atomic E-state index is 0.126. The summed E-state index contributed by atoms with van der Waals surface area (Å²) in [4.78, 5) is 12.7. The molecule has 2 aromatic carbocycles. The Morgan fingerprint density at radius 3 is 2.07 bits per heavy atom. The van der Waals surface area contributed by atoms with Crippen molar-refractivity contribution in [1.82, 2.24) is 10.0 Å². The summed E-state index contributed by atoms with van der Waals surface area (Å²) < 4.78 is 32.5. The number of methoxy groups -OCH3 is 1. The maximum Gasteiger partial charge on any atom is 0.251 e. The third-order valence-electron chi connectivity index (χ3n) is 4.10. The van der Waals surface area contributed by atoms with E-state index in [4.69, 9.17) is 4.74 Å². The highest BCUT2D eigenvalue weighted by molar-refractivity contribution is 7.89. The van der Waals surface area contributed by atoms with Crippen molar-refractivity contribution in [3.63, 3.8) is 0 Å². The van der Waals surface area contributed by atoms with Gasteiger partial charge < -0.3 is 10.1 Å². The lowest BCUT2D eigenvalue weighted by atomic mass is 10.0. The quantitative estimate of drug-likeness (QED) is 0.738. The average molecular weight is 405 g/mol. The Bertz CT molecular complexity index is 899. The third-order valence-corrected chi connectivity index (χ3v) is 5.87. The molecular weight excluding hydrogens is 376 g/mol. The van der Waals surface area contributed by atoms with Crippen LogP contribution in [0.2, 0.25) is 0 Å². The van der Waals surface area contributed by atoms with Gasteiger partial charge in [-0.1, -0.05) is 19.1 Å². The van der Waals surface area contributed by atoms with Gasteiger partial charge in [0.1, 0.15) is 5.75 Å². The predicted molar refractivity (Wildman–Crippen MR) is 110 cm³/mol. The number of rotatable bonds is 7. The minimum atomic E-state index is -3.63. The Hall–Kier alpha value is -2.38. The van der Waals surface area contributed by atoms with Gasteiger partial charge in [0.25, 0.3) is 5.91 Å². The number of benzene rings is 2. The zero-order valence-corrected chi connectivity index (χ0v) is 17.8. The lowest BCUT2D eigenvalue weighted by molar-refractivity contribution is 0.0935. The molecule has 0 saturated heterocycles. The van der Waals surface area contributed by atoms with Crippen LogP contribution in [-0.4, -0.2) is 27.0 Å². The topological polar surface area (TPSA) is 84.5 Å². The monoisotopic (exact) mass is 404 g/mol. The van der Waals surface area contributed by atoms with Gasteiger partial charge in [-0.05, 0) is 69.2 Å². The smallest absolute Gasteiger partial charge is 0.251 e. The van der Waals surface area contributed by atoms with E-state index >= 15 is 0 Å². The average Bonchev–Trinajstić information content (AvgIpc) is 2.64. The Labute approximate surface area is 167 Å². The van der Waals surface area contributed by atoms with Gasteiger partial charge in [-0.3, -0.25) is 4.79 Å². The van der Waals surface area contributed by atoms with E-state index in [2.05, 4.69) is 10.0 Å². The minimum Gasteiger partial charge on any atom is -0.497 e. The SMILES string of the molecule is CCC(NC(=O)c1ccc(S(=O)(=O)NC(C)(C)C)cc1)c1ccc(OC)cc1. The molecule has 0 spiro atoms. The number of hydrogen-bond acceptors (Lipinski definition) is 4. The van der Waals surface area contributed by atoms with E-state index in [1.807, 2.05) is 31.2 Å². The van der Waals surface area contributed by atoms with E-state index in [1.54, 1.807) is 27.9 Å². The molecule has 0 fully saturated rings. The Morgan fingerprint density at radius 1 is 1.04 bits per heavy atom. The van der Waals surface area contributed by atoms with Crippen molar-refractivity contribution < 1.29 is 17.9 Å². The first-order chi connectivity index (χ1) is 13.1. The van der Waals surface area contributed by atoms with Gasteiger partial charge in [-0.15, -0.1) is 0 Å². The number of ether oxygens (including phenoxy) is 1. The molecule has 0 aliphatic heterocycles. The zero-order chi connectivity index (χ0) is 20.9. The molecule has 28 heavy (non-hydrogen) atoms. The largest absolute Gasteiger partial charge is 0.497 e. The Balaban J connectivity index is 2.13. The Kier molecular flexibility index (Phi) is 6.85. The van der Waals surface area contributed by atoms with Crippen molar-refractivity contribution in [1.29, 1.82) is 0 Å². The molecular formula is C21H28N2O4S. The van der Waals surface area contributed by atoms with Gasteiger partial charge in [0, 0.05) is 11.1 Å². The molecule has 1 atom stereocenters. The second-order valence-electron chi connectivity index (χ2n) is 7.59. The number of carbonyl (C=O) groups excluding carboxylic acids is 1. The molecule has 1 unspecified atom stereocenters. The molecule has 6 nitrogen and oxygen atoms in total. The summed E-state index contributed by atoms with van der Waals surface area (Å²) in [6, 6.07) is 13.3. The van der Waals surface area contributed by atoms with Crippen LogP contribution in [0.25, 0.3) is 0 Å². The number of hydrogen-bond donors (Lipinski definition) is 2. The van der Waals surface area contributed by atoms with Crippen molar-refractivity contribution in [3.8, 4) is 5.75 Å². The fraction of sp³-hybridized carbons (Fsp3) is 0.381. The molecule has 2 rings (SSSR count). The zero-order valence-electron chi connectivity index (χ0n) is 16.9. The highest BCUT2D eigenvalue weighted by Gasteiger charge is 2.22. The van der Waals surface area contributed by atoms with Crippen LogP contribution < -0.4 is 14.8 Å². The van der Waals surface area contributed by atoms with E-state index in [1.165, 1.54) is 24.3 Å². The number of sulfonamides is 1. The summed E-state index contributed by atoms with van der Waals surface area (Å²) >= 11 is 0. The Morgan fingerprint density at radius 2 is 1.61 bits per heavy atom. The summed E-state index contributed by atoms with van der Waals surface area (Å²) in [5.41, 5.74) is 0.800. The van der Waals surface area contributed by atoms with Crippen molar-refractivity contribution in [3.05, 3.63) is 59.7 Å². The van der Waals surface area contributed by atoms with Crippen molar-refractivity contribution in [2.75, 3.05) is 7.11 Å². The number of carbonyl (C=O) groups is 1. The standard InChI is InChI=1S/C21H28N2O4S/c1-6-19(15-7-11-17(27-5)12-8-15)22-20(24)16-9-13-18(14-10-16)28(25,26)23-21(2,3)4/h7-14,19,23H,6H2,1-5H3,(H,22,24). The van der Waals surface area contributed by atoms with E-state index in [0.717, 1.165) is 17.7 Å². The van der Waals surface area contributed by atoms with Crippen LogP contribution in [0.3, 0.4) is 0 Å². The molecule has 152 valence electrons. The molecule has 0 aliphatic rings. The second kappa shape index (κ2) is 8.75. The van der Waals surface area contributed by atoms with Gasteiger partial charge in [0.2, 0.25) is 10.0 Å². The van der Waals surface area contributed by atoms with Crippen LogP contribution in [0.5, 0.6) is 5.75 Å². The molecule has 7 heteroatoms. The predicted octanol–water partition coefficient (Wildman–Crippen LogP) is 3.65. The summed E-state index contributed by atoms with van der Waals surface area (Å²) in [6.45, 7) is 7.31. The van der Waals surface area contributed by atoms with E-state index in [-0.39, 0.29) is 16.8 Å². The molecule has 0 bridgehead atoms. The van der Waals surface area contributed by atoms with Gasteiger partial charge in [-0.2, -0.15) is 0 Å². The first-order valence-electron chi connectivity index (χ1n) is 9.14. The van der Waals surface area contributed by atoms with Crippen molar-refractivity contribution >= 4 is 15.9 Å². The highest BCUT2D eigenvalue weighted by Crippen LogP contribution is 2.21. The van der Waals surface area contributed by atoms with Gasteiger partial charge in [0.15, 0.2) is 0 Å². The summed E-state index contributed by atoms with van der Waals surface area (Å²) in [7, 11) is -2.03. The van der Waals surface area contributed by atoms with Gasteiger partial charge in [0.05, 0.1) is 18.0 Å². The highest BCUT2D eigenvalue weighted by atomic mass is 32.2. The second-order valence-corrected chi connectivity index (χ2v) is 9.27. The fourth-order valence-corrected chi connectivity index (χ4v) is 4.16. The van der Waals surface area contributed by atoms with E-state index in [9.17, 15) is 13.2 Å². The molecule has 0 heterocycles. The van der Waals surface area contributed by atoms with Crippen molar-refractivity contribution in [2.45, 2.75) is 50.6 Å². The fourth-order valence-electron chi connectivity index (χ4n) is 2.75. The first kappa shape index (κ1) is 21.9. The lowest BCUT2D eigenvalue weighted by Gasteiger charge is -2.20. The van der Waals surface area contributed by atoms with Gasteiger partial charge >= 0.3 is 0 Å². The van der Waals surface area contributed by atoms with Crippen LogP contribution in [-0.2, 0) is 10.0 Å². The third kappa shape index (κ3) is 5.81. The van der Waals surface area contributed by atoms with Crippen LogP contribution in [0.1, 0.15) is 56.1 Å². The summed E-state index contributed by atoms with van der Waals surface area (Å²) in [5, 5.41) is 2.99.